The maximum Gasteiger partial charge on any atom is 0.159 e. The second kappa shape index (κ2) is 4.05. The summed E-state index contributed by atoms with van der Waals surface area (Å²) in [6.45, 7) is 7.31. The Morgan fingerprint density at radius 2 is 1.83 bits per heavy atom. The minimum absolute atomic E-state index is 0.298. The zero-order valence-electron chi connectivity index (χ0n) is 7.31. The van der Waals surface area contributed by atoms with Gasteiger partial charge in [-0.15, -0.1) is 13.2 Å². The van der Waals surface area contributed by atoms with Gasteiger partial charge in [-0.05, 0) is 24.8 Å². The molecule has 0 saturated heterocycles. The van der Waals surface area contributed by atoms with Gasteiger partial charge in [-0.1, -0.05) is 17.7 Å². The van der Waals surface area contributed by atoms with Crippen molar-refractivity contribution >= 4 is 5.78 Å². The van der Waals surface area contributed by atoms with Crippen molar-refractivity contribution in [2.24, 2.45) is 0 Å². The smallest absolute Gasteiger partial charge is 0.159 e. The Bertz CT molecular complexity index is 246. The second-order valence-electron chi connectivity index (χ2n) is 2.99. The molecule has 0 bridgehead atoms. The molecule has 0 radical (unpaired) electrons. The van der Waals surface area contributed by atoms with Crippen LogP contribution in [0.2, 0.25) is 0 Å². The standard InChI is InChI=1S/C11H14O/c1-3-5-9-7-8-11(12)10(9)6-4-2/h3-4H,1-2,5-8H2. The first-order valence-electron chi connectivity index (χ1n) is 4.25. The molecule has 0 amide bonds. The summed E-state index contributed by atoms with van der Waals surface area (Å²) in [6, 6.07) is 0. The molecule has 0 heterocycles. The first-order chi connectivity index (χ1) is 5.79. The van der Waals surface area contributed by atoms with Crippen molar-refractivity contribution < 1.29 is 4.79 Å². The lowest BCUT2D eigenvalue weighted by Gasteiger charge is -1.99. The van der Waals surface area contributed by atoms with Gasteiger partial charge in [-0.25, -0.2) is 0 Å². The highest BCUT2D eigenvalue weighted by Gasteiger charge is 2.20. The summed E-state index contributed by atoms with van der Waals surface area (Å²) < 4.78 is 0. The Kier molecular flexibility index (Phi) is 3.03. The highest BCUT2D eigenvalue weighted by atomic mass is 16.1. The van der Waals surface area contributed by atoms with E-state index in [4.69, 9.17) is 0 Å². The molecule has 1 aliphatic rings. The number of hydrogen-bond donors (Lipinski definition) is 0. The maximum atomic E-state index is 11.3. The van der Waals surface area contributed by atoms with Crippen LogP contribution in [0.3, 0.4) is 0 Å². The number of carbonyl (C=O) groups is 1. The minimum atomic E-state index is 0.298. The van der Waals surface area contributed by atoms with Crippen LogP contribution in [0.1, 0.15) is 25.7 Å². The average Bonchev–Trinajstić information content (AvgIpc) is 2.37. The van der Waals surface area contributed by atoms with Gasteiger partial charge in [0.05, 0.1) is 0 Å². The summed E-state index contributed by atoms with van der Waals surface area (Å²) in [5, 5.41) is 0. The van der Waals surface area contributed by atoms with Crippen molar-refractivity contribution in [2.75, 3.05) is 0 Å². The summed E-state index contributed by atoms with van der Waals surface area (Å²) in [6.07, 6.45) is 6.84. The summed E-state index contributed by atoms with van der Waals surface area (Å²) in [7, 11) is 0. The molecule has 0 spiro atoms. The van der Waals surface area contributed by atoms with Crippen LogP contribution in [0.4, 0.5) is 0 Å². The van der Waals surface area contributed by atoms with E-state index in [0.717, 1.165) is 24.8 Å². The Morgan fingerprint density at radius 1 is 1.17 bits per heavy atom. The molecule has 1 nitrogen and oxygen atoms in total. The minimum Gasteiger partial charge on any atom is -0.295 e. The fourth-order valence-corrected chi connectivity index (χ4v) is 1.57. The van der Waals surface area contributed by atoms with Gasteiger partial charge in [0.15, 0.2) is 5.78 Å². The van der Waals surface area contributed by atoms with Crippen LogP contribution >= 0.6 is 0 Å². The highest BCUT2D eigenvalue weighted by Crippen LogP contribution is 2.27. The van der Waals surface area contributed by atoms with Crippen LogP contribution in [-0.2, 0) is 4.79 Å². The zero-order chi connectivity index (χ0) is 8.97. The third-order valence-corrected chi connectivity index (χ3v) is 2.16. The number of Topliss-reactive ketones (excluding diaryl/α,β-unsaturated/α-hetero) is 1. The van der Waals surface area contributed by atoms with E-state index in [1.54, 1.807) is 6.08 Å². The zero-order valence-corrected chi connectivity index (χ0v) is 7.31. The molecule has 0 fully saturated rings. The van der Waals surface area contributed by atoms with Crippen LogP contribution in [0.5, 0.6) is 0 Å². The monoisotopic (exact) mass is 162 g/mol. The van der Waals surface area contributed by atoms with E-state index in [9.17, 15) is 4.79 Å². The van der Waals surface area contributed by atoms with E-state index in [2.05, 4.69) is 13.2 Å². The Hall–Kier alpha value is -1.11. The van der Waals surface area contributed by atoms with E-state index < -0.39 is 0 Å². The topological polar surface area (TPSA) is 17.1 Å². The van der Waals surface area contributed by atoms with Crippen LogP contribution in [-0.4, -0.2) is 5.78 Å². The molecular formula is C11H14O. The Balaban J connectivity index is 2.80. The Morgan fingerprint density at radius 3 is 2.42 bits per heavy atom. The molecule has 64 valence electrons. The van der Waals surface area contributed by atoms with Crippen LogP contribution in [0, 0.1) is 0 Å². The van der Waals surface area contributed by atoms with E-state index in [0.29, 0.717) is 12.2 Å². The van der Waals surface area contributed by atoms with Crippen molar-refractivity contribution in [3.63, 3.8) is 0 Å². The van der Waals surface area contributed by atoms with Crippen molar-refractivity contribution in [1.29, 1.82) is 0 Å². The fourth-order valence-electron chi connectivity index (χ4n) is 1.57. The van der Waals surface area contributed by atoms with E-state index in [-0.39, 0.29) is 0 Å². The van der Waals surface area contributed by atoms with Crippen molar-refractivity contribution in [3.05, 3.63) is 36.5 Å². The molecule has 0 atom stereocenters. The van der Waals surface area contributed by atoms with E-state index in [1.165, 1.54) is 5.57 Å². The molecule has 0 aromatic heterocycles. The fraction of sp³-hybridized carbons (Fsp3) is 0.364. The van der Waals surface area contributed by atoms with Gasteiger partial charge in [0, 0.05) is 6.42 Å². The van der Waals surface area contributed by atoms with E-state index >= 15 is 0 Å². The van der Waals surface area contributed by atoms with Gasteiger partial charge in [-0.2, -0.15) is 0 Å². The summed E-state index contributed by atoms with van der Waals surface area (Å²) in [4.78, 5) is 11.3. The quantitative estimate of drug-likeness (QED) is 0.581. The molecular weight excluding hydrogens is 148 g/mol. The number of rotatable bonds is 4. The van der Waals surface area contributed by atoms with Gasteiger partial charge in [-0.3, -0.25) is 4.79 Å². The number of allylic oxidation sites excluding steroid dienone is 4. The molecule has 0 aromatic rings. The van der Waals surface area contributed by atoms with Gasteiger partial charge < -0.3 is 0 Å². The number of hydrogen-bond acceptors (Lipinski definition) is 1. The summed E-state index contributed by atoms with van der Waals surface area (Å²) in [5.74, 6) is 0.298. The number of carbonyl (C=O) groups excluding carboxylic acids is 1. The lowest BCUT2D eigenvalue weighted by molar-refractivity contribution is -0.114. The van der Waals surface area contributed by atoms with Gasteiger partial charge >= 0.3 is 0 Å². The largest absolute Gasteiger partial charge is 0.295 e. The predicted molar refractivity (Wildman–Crippen MR) is 50.9 cm³/mol. The molecule has 0 N–H and O–H groups in total. The van der Waals surface area contributed by atoms with Crippen LogP contribution in [0.25, 0.3) is 0 Å². The van der Waals surface area contributed by atoms with Crippen LogP contribution in [0.15, 0.2) is 36.5 Å². The molecule has 0 saturated carbocycles. The van der Waals surface area contributed by atoms with Crippen molar-refractivity contribution in [1.82, 2.24) is 0 Å². The maximum absolute atomic E-state index is 11.3. The normalized spacial score (nSPS) is 16.8. The molecule has 1 heteroatoms. The highest BCUT2D eigenvalue weighted by molar-refractivity contribution is 5.98. The lowest BCUT2D eigenvalue weighted by atomic mass is 10.1. The summed E-state index contributed by atoms with van der Waals surface area (Å²) in [5.41, 5.74) is 2.24. The molecule has 0 aromatic carbocycles. The first-order valence-corrected chi connectivity index (χ1v) is 4.25. The number of ketones is 1. The SMILES string of the molecule is C=CCC1=C(CC=C)C(=O)CC1. The molecule has 0 unspecified atom stereocenters. The summed E-state index contributed by atoms with van der Waals surface area (Å²) >= 11 is 0. The van der Waals surface area contributed by atoms with Crippen molar-refractivity contribution in [3.8, 4) is 0 Å². The Labute approximate surface area is 73.5 Å². The molecule has 0 aliphatic heterocycles. The van der Waals surface area contributed by atoms with E-state index in [1.807, 2.05) is 6.08 Å². The third-order valence-electron chi connectivity index (χ3n) is 2.16. The lowest BCUT2D eigenvalue weighted by Crippen LogP contribution is -1.94. The van der Waals surface area contributed by atoms with Gasteiger partial charge in [0.1, 0.15) is 0 Å². The first kappa shape index (κ1) is 8.98. The predicted octanol–water partition coefficient (Wildman–Crippen LogP) is 2.80. The average molecular weight is 162 g/mol. The molecule has 12 heavy (non-hydrogen) atoms. The van der Waals surface area contributed by atoms with Crippen LogP contribution < -0.4 is 0 Å². The second-order valence-corrected chi connectivity index (χ2v) is 2.99. The molecule has 1 rings (SSSR count). The van der Waals surface area contributed by atoms with Gasteiger partial charge in [0.2, 0.25) is 0 Å². The van der Waals surface area contributed by atoms with Gasteiger partial charge in [0.25, 0.3) is 0 Å². The third kappa shape index (κ3) is 1.73. The van der Waals surface area contributed by atoms with Crippen molar-refractivity contribution in [2.45, 2.75) is 25.7 Å². The molecule has 1 aliphatic carbocycles.